The second kappa shape index (κ2) is 8.05. The summed E-state index contributed by atoms with van der Waals surface area (Å²) < 4.78 is 10.7. The molecule has 1 aliphatic heterocycles. The molecule has 1 aromatic carbocycles. The van der Waals surface area contributed by atoms with E-state index in [9.17, 15) is 0 Å². The summed E-state index contributed by atoms with van der Waals surface area (Å²) in [6.45, 7) is 1.97. The molecule has 1 fully saturated rings. The van der Waals surface area contributed by atoms with E-state index in [0.29, 0.717) is 0 Å². The molecule has 0 bridgehead atoms. The molecule has 0 spiro atoms. The van der Waals surface area contributed by atoms with Gasteiger partial charge in [-0.25, -0.2) is 0 Å². The molecule has 1 N–H and O–H groups in total. The van der Waals surface area contributed by atoms with Crippen molar-refractivity contribution in [1.29, 1.82) is 0 Å². The zero-order chi connectivity index (χ0) is 14.4. The lowest BCUT2D eigenvalue weighted by Gasteiger charge is -2.15. The van der Waals surface area contributed by atoms with Crippen LogP contribution < -0.4 is 14.8 Å². The Morgan fingerprint density at radius 1 is 1.30 bits per heavy atom. The zero-order valence-electron chi connectivity index (χ0n) is 12.4. The maximum Gasteiger partial charge on any atom is 0.161 e. The van der Waals surface area contributed by atoms with E-state index >= 15 is 0 Å². The summed E-state index contributed by atoms with van der Waals surface area (Å²) in [4.78, 5) is 1.24. The molecule has 0 amide bonds. The lowest BCUT2D eigenvalue weighted by atomic mass is 10.2. The van der Waals surface area contributed by atoms with Gasteiger partial charge in [-0.15, -0.1) is 11.8 Å². The number of hydrogen-bond donors (Lipinski definition) is 1. The molecule has 1 saturated heterocycles. The molecule has 20 heavy (non-hydrogen) atoms. The van der Waals surface area contributed by atoms with E-state index in [1.807, 2.05) is 0 Å². The van der Waals surface area contributed by atoms with Crippen molar-refractivity contribution in [2.75, 3.05) is 32.8 Å². The average Bonchev–Trinajstić information content (AvgIpc) is 2.99. The molecule has 0 radical (unpaired) electrons. The number of thioether (sulfide) groups is 2. The van der Waals surface area contributed by atoms with Crippen molar-refractivity contribution in [3.63, 3.8) is 0 Å². The van der Waals surface area contributed by atoms with Crippen LogP contribution in [0.2, 0.25) is 0 Å². The highest BCUT2D eigenvalue weighted by Crippen LogP contribution is 2.34. The van der Waals surface area contributed by atoms with Gasteiger partial charge in [0.1, 0.15) is 0 Å². The number of rotatable bonds is 7. The summed E-state index contributed by atoms with van der Waals surface area (Å²) in [5.41, 5.74) is 1.28. The molecule has 1 heterocycles. The van der Waals surface area contributed by atoms with Gasteiger partial charge in [0.2, 0.25) is 0 Å². The molecule has 3 nitrogen and oxygen atoms in total. The van der Waals surface area contributed by atoms with Gasteiger partial charge in [-0.05, 0) is 42.5 Å². The van der Waals surface area contributed by atoms with Crippen LogP contribution in [0.5, 0.6) is 11.5 Å². The van der Waals surface area contributed by atoms with E-state index in [-0.39, 0.29) is 0 Å². The average molecular weight is 313 g/mol. The van der Waals surface area contributed by atoms with Gasteiger partial charge in [-0.1, -0.05) is 0 Å². The van der Waals surface area contributed by atoms with Crippen molar-refractivity contribution in [2.45, 2.75) is 29.5 Å². The van der Waals surface area contributed by atoms with Gasteiger partial charge < -0.3 is 14.8 Å². The van der Waals surface area contributed by atoms with Crippen molar-refractivity contribution < 1.29 is 9.47 Å². The van der Waals surface area contributed by atoms with Crippen molar-refractivity contribution >= 4 is 23.5 Å². The first-order chi connectivity index (χ1) is 9.78. The van der Waals surface area contributed by atoms with Crippen molar-refractivity contribution in [1.82, 2.24) is 5.32 Å². The van der Waals surface area contributed by atoms with Crippen LogP contribution in [0.25, 0.3) is 0 Å². The van der Waals surface area contributed by atoms with Crippen molar-refractivity contribution in [3.8, 4) is 11.5 Å². The van der Waals surface area contributed by atoms with Gasteiger partial charge >= 0.3 is 0 Å². The van der Waals surface area contributed by atoms with Crippen LogP contribution in [0.1, 0.15) is 18.4 Å². The highest BCUT2D eigenvalue weighted by molar-refractivity contribution is 8.00. The predicted molar refractivity (Wildman–Crippen MR) is 88.5 cm³/mol. The van der Waals surface area contributed by atoms with Gasteiger partial charge in [0.15, 0.2) is 11.5 Å². The smallest absolute Gasteiger partial charge is 0.161 e. The minimum Gasteiger partial charge on any atom is -0.493 e. The van der Waals surface area contributed by atoms with Crippen LogP contribution in [0.3, 0.4) is 0 Å². The maximum absolute atomic E-state index is 5.39. The van der Waals surface area contributed by atoms with Crippen LogP contribution in [-0.2, 0) is 6.54 Å². The van der Waals surface area contributed by atoms with E-state index < -0.39 is 0 Å². The Bertz CT molecular complexity index is 434. The first-order valence-corrected chi connectivity index (χ1v) is 9.17. The molecule has 1 atom stereocenters. The third-order valence-electron chi connectivity index (χ3n) is 3.50. The summed E-state index contributed by atoms with van der Waals surface area (Å²) in [5, 5.41) is 4.36. The summed E-state index contributed by atoms with van der Waals surface area (Å²) in [6.07, 6.45) is 4.81. The number of methoxy groups -OCH3 is 2. The predicted octanol–water partition coefficient (Wildman–Crippen LogP) is 3.41. The number of nitrogens with one attached hydrogen (secondary N) is 1. The number of ether oxygens (including phenoxy) is 2. The first-order valence-electron chi connectivity index (χ1n) is 6.89. The maximum atomic E-state index is 5.39. The number of benzene rings is 1. The van der Waals surface area contributed by atoms with Crippen LogP contribution in [-0.4, -0.2) is 38.0 Å². The third kappa shape index (κ3) is 3.99. The molecule has 0 aliphatic carbocycles. The molecule has 1 aromatic rings. The quantitative estimate of drug-likeness (QED) is 0.780. The van der Waals surface area contributed by atoms with Crippen LogP contribution in [0, 0.1) is 0 Å². The Hall–Kier alpha value is -0.520. The van der Waals surface area contributed by atoms with Crippen LogP contribution in [0.4, 0.5) is 0 Å². The SMILES string of the molecule is COc1cc(CNCC2CCCS2)c(SC)cc1OC. The second-order valence-electron chi connectivity index (χ2n) is 4.78. The topological polar surface area (TPSA) is 30.5 Å². The van der Waals surface area contributed by atoms with Gasteiger partial charge in [0.25, 0.3) is 0 Å². The molecule has 112 valence electrons. The largest absolute Gasteiger partial charge is 0.493 e. The Balaban J connectivity index is 2.01. The van der Waals surface area contributed by atoms with Crippen LogP contribution in [0.15, 0.2) is 17.0 Å². The summed E-state index contributed by atoms with van der Waals surface area (Å²) in [5.74, 6) is 2.92. The highest BCUT2D eigenvalue weighted by Gasteiger charge is 2.15. The lowest BCUT2D eigenvalue weighted by molar-refractivity contribution is 0.353. The van der Waals surface area contributed by atoms with Gasteiger partial charge in [0.05, 0.1) is 14.2 Å². The fourth-order valence-corrected chi connectivity index (χ4v) is 4.26. The van der Waals surface area contributed by atoms with E-state index in [0.717, 1.165) is 29.8 Å². The van der Waals surface area contributed by atoms with E-state index in [1.165, 1.54) is 29.1 Å². The van der Waals surface area contributed by atoms with Crippen molar-refractivity contribution in [3.05, 3.63) is 17.7 Å². The molecule has 0 aromatic heterocycles. The molecule has 1 unspecified atom stereocenters. The fourth-order valence-electron chi connectivity index (χ4n) is 2.40. The number of hydrogen-bond acceptors (Lipinski definition) is 5. The van der Waals surface area contributed by atoms with Gasteiger partial charge in [-0.3, -0.25) is 0 Å². The van der Waals surface area contributed by atoms with Crippen molar-refractivity contribution in [2.24, 2.45) is 0 Å². The Labute approximate surface area is 130 Å². The summed E-state index contributed by atoms with van der Waals surface area (Å²) >= 11 is 3.83. The Kier molecular flexibility index (Phi) is 6.39. The molecule has 0 saturated carbocycles. The molecule has 5 heteroatoms. The second-order valence-corrected chi connectivity index (χ2v) is 7.04. The normalized spacial score (nSPS) is 18.2. The zero-order valence-corrected chi connectivity index (χ0v) is 14.0. The monoisotopic (exact) mass is 313 g/mol. The fraction of sp³-hybridized carbons (Fsp3) is 0.600. The lowest BCUT2D eigenvalue weighted by Crippen LogP contribution is -2.23. The van der Waals surface area contributed by atoms with Crippen LogP contribution >= 0.6 is 23.5 Å². The Morgan fingerprint density at radius 2 is 2.05 bits per heavy atom. The summed E-state index contributed by atoms with van der Waals surface area (Å²) in [7, 11) is 3.36. The van der Waals surface area contributed by atoms with E-state index in [4.69, 9.17) is 9.47 Å². The van der Waals surface area contributed by atoms with Gasteiger partial charge in [-0.2, -0.15) is 11.8 Å². The molecule has 2 rings (SSSR count). The third-order valence-corrected chi connectivity index (χ3v) is 5.72. The first kappa shape index (κ1) is 15.9. The highest BCUT2D eigenvalue weighted by atomic mass is 32.2. The molecular weight excluding hydrogens is 290 g/mol. The minimum absolute atomic E-state index is 0.785. The summed E-state index contributed by atoms with van der Waals surface area (Å²) in [6, 6.07) is 4.14. The van der Waals surface area contributed by atoms with E-state index in [2.05, 4.69) is 35.5 Å². The Morgan fingerprint density at radius 3 is 2.65 bits per heavy atom. The minimum atomic E-state index is 0.785. The van der Waals surface area contributed by atoms with Gasteiger partial charge in [0, 0.05) is 23.2 Å². The molecule has 1 aliphatic rings. The van der Waals surface area contributed by atoms with E-state index in [1.54, 1.807) is 26.0 Å². The molecular formula is C15H23NO2S2. The standard InChI is InChI=1S/C15H23NO2S2/c1-17-13-7-11(15(19-3)8-14(13)18-2)9-16-10-12-5-4-6-20-12/h7-8,12,16H,4-6,9-10H2,1-3H3.